The monoisotopic (exact) mass is 191 g/mol. The number of benzene rings is 1. The predicted octanol–water partition coefficient (Wildman–Crippen LogP) is 2.45. The highest BCUT2D eigenvalue weighted by Crippen LogP contribution is 2.24. The number of aromatic hydroxyl groups is 1. The Bertz CT molecular complexity index is 336. The van der Waals surface area contributed by atoms with Gasteiger partial charge in [0.15, 0.2) is 6.23 Å². The van der Waals surface area contributed by atoms with E-state index in [1.807, 2.05) is 18.2 Å². The SMILES string of the molecule is Oc1ccccc1NC1CCC=CO1. The molecule has 1 aromatic carbocycles. The molecule has 14 heavy (non-hydrogen) atoms. The first-order valence-electron chi connectivity index (χ1n) is 4.71. The number of hydrogen-bond donors (Lipinski definition) is 2. The minimum atomic E-state index is -0.0340. The molecule has 1 heterocycles. The molecule has 3 heteroatoms. The Labute approximate surface area is 83.0 Å². The van der Waals surface area contributed by atoms with Gasteiger partial charge in [-0.15, -0.1) is 0 Å². The van der Waals surface area contributed by atoms with Crippen LogP contribution >= 0.6 is 0 Å². The molecule has 2 rings (SSSR count). The molecule has 1 aliphatic rings. The van der Waals surface area contributed by atoms with Crippen molar-refractivity contribution < 1.29 is 9.84 Å². The van der Waals surface area contributed by atoms with Crippen LogP contribution in [0.25, 0.3) is 0 Å². The quantitative estimate of drug-likeness (QED) is 0.705. The maximum Gasteiger partial charge on any atom is 0.169 e. The van der Waals surface area contributed by atoms with E-state index >= 15 is 0 Å². The average molecular weight is 191 g/mol. The normalized spacial score (nSPS) is 20.1. The molecule has 0 aromatic heterocycles. The summed E-state index contributed by atoms with van der Waals surface area (Å²) in [4.78, 5) is 0. The van der Waals surface area contributed by atoms with E-state index in [9.17, 15) is 5.11 Å². The molecule has 0 radical (unpaired) electrons. The minimum Gasteiger partial charge on any atom is -0.506 e. The lowest BCUT2D eigenvalue weighted by molar-refractivity contribution is 0.148. The van der Waals surface area contributed by atoms with E-state index in [1.165, 1.54) is 0 Å². The van der Waals surface area contributed by atoms with Gasteiger partial charge in [0.25, 0.3) is 0 Å². The van der Waals surface area contributed by atoms with Gasteiger partial charge in [0.2, 0.25) is 0 Å². The number of allylic oxidation sites excluding steroid dienone is 1. The third-order valence-corrected chi connectivity index (χ3v) is 2.16. The zero-order valence-electron chi connectivity index (χ0n) is 7.81. The largest absolute Gasteiger partial charge is 0.506 e. The highest BCUT2D eigenvalue weighted by molar-refractivity contribution is 5.55. The number of rotatable bonds is 2. The zero-order valence-corrected chi connectivity index (χ0v) is 7.81. The first-order valence-corrected chi connectivity index (χ1v) is 4.71. The second-order valence-corrected chi connectivity index (χ2v) is 3.24. The Hall–Kier alpha value is -1.64. The fraction of sp³-hybridized carbons (Fsp3) is 0.273. The van der Waals surface area contributed by atoms with Gasteiger partial charge in [0.1, 0.15) is 5.75 Å². The van der Waals surface area contributed by atoms with E-state index in [0.717, 1.165) is 12.8 Å². The van der Waals surface area contributed by atoms with Crippen molar-refractivity contribution in [1.82, 2.24) is 0 Å². The van der Waals surface area contributed by atoms with Gasteiger partial charge in [0.05, 0.1) is 11.9 Å². The van der Waals surface area contributed by atoms with Gasteiger partial charge >= 0.3 is 0 Å². The summed E-state index contributed by atoms with van der Waals surface area (Å²) in [6, 6.07) is 7.15. The van der Waals surface area contributed by atoms with Crippen LogP contribution in [0.5, 0.6) is 5.75 Å². The van der Waals surface area contributed by atoms with Gasteiger partial charge in [-0.3, -0.25) is 0 Å². The van der Waals surface area contributed by atoms with Crippen molar-refractivity contribution in [2.75, 3.05) is 5.32 Å². The molecule has 74 valence electrons. The van der Waals surface area contributed by atoms with E-state index in [1.54, 1.807) is 18.4 Å². The van der Waals surface area contributed by atoms with E-state index < -0.39 is 0 Å². The van der Waals surface area contributed by atoms with Crippen LogP contribution < -0.4 is 5.32 Å². The minimum absolute atomic E-state index is 0.0340. The molecule has 1 unspecified atom stereocenters. The van der Waals surface area contributed by atoms with Gasteiger partial charge in [-0.2, -0.15) is 0 Å². The van der Waals surface area contributed by atoms with E-state index in [-0.39, 0.29) is 12.0 Å². The van der Waals surface area contributed by atoms with Crippen LogP contribution in [0.4, 0.5) is 5.69 Å². The van der Waals surface area contributed by atoms with Crippen LogP contribution in [-0.4, -0.2) is 11.3 Å². The summed E-state index contributed by atoms with van der Waals surface area (Å²) in [6.45, 7) is 0. The van der Waals surface area contributed by atoms with Crippen molar-refractivity contribution >= 4 is 5.69 Å². The fourth-order valence-corrected chi connectivity index (χ4v) is 1.41. The van der Waals surface area contributed by atoms with Gasteiger partial charge in [-0.25, -0.2) is 0 Å². The van der Waals surface area contributed by atoms with E-state index in [4.69, 9.17) is 4.74 Å². The molecule has 0 fully saturated rings. The number of phenols is 1. The first-order chi connectivity index (χ1) is 6.86. The van der Waals surface area contributed by atoms with Crippen LogP contribution in [0.1, 0.15) is 12.8 Å². The molecule has 2 N–H and O–H groups in total. The Morgan fingerprint density at radius 3 is 2.93 bits per heavy atom. The maximum atomic E-state index is 9.51. The highest BCUT2D eigenvalue weighted by Gasteiger charge is 2.11. The number of nitrogens with one attached hydrogen (secondary N) is 1. The van der Waals surface area contributed by atoms with Gasteiger partial charge in [0, 0.05) is 6.42 Å². The number of anilines is 1. The molecule has 0 saturated heterocycles. The molecule has 0 aliphatic carbocycles. The predicted molar refractivity (Wildman–Crippen MR) is 55.0 cm³/mol. The van der Waals surface area contributed by atoms with Crippen LogP contribution in [0.2, 0.25) is 0 Å². The van der Waals surface area contributed by atoms with Crippen molar-refractivity contribution in [3.8, 4) is 5.75 Å². The molecule has 0 saturated carbocycles. The Morgan fingerprint density at radius 1 is 1.36 bits per heavy atom. The maximum absolute atomic E-state index is 9.51. The first kappa shape index (κ1) is 8.94. The standard InChI is InChI=1S/C11H13NO2/c13-10-6-2-1-5-9(10)12-11-7-3-4-8-14-11/h1-2,4-6,8,11-13H,3,7H2. The molecule has 0 amide bonds. The van der Waals surface area contributed by atoms with Crippen LogP contribution in [0.3, 0.4) is 0 Å². The average Bonchev–Trinajstić information content (AvgIpc) is 2.23. The lowest BCUT2D eigenvalue weighted by atomic mass is 10.2. The molecule has 0 spiro atoms. The van der Waals surface area contributed by atoms with Crippen molar-refractivity contribution in [2.24, 2.45) is 0 Å². The van der Waals surface area contributed by atoms with E-state index in [2.05, 4.69) is 5.32 Å². The van der Waals surface area contributed by atoms with Crippen LogP contribution in [0.15, 0.2) is 36.6 Å². The number of phenolic OH excluding ortho intramolecular Hbond substituents is 1. The third-order valence-electron chi connectivity index (χ3n) is 2.16. The van der Waals surface area contributed by atoms with Crippen molar-refractivity contribution in [3.05, 3.63) is 36.6 Å². The number of para-hydroxylation sites is 2. The van der Waals surface area contributed by atoms with Crippen LogP contribution in [-0.2, 0) is 4.74 Å². The lowest BCUT2D eigenvalue weighted by Crippen LogP contribution is -2.22. The van der Waals surface area contributed by atoms with Crippen LogP contribution in [0, 0.1) is 0 Å². The van der Waals surface area contributed by atoms with Crippen molar-refractivity contribution in [1.29, 1.82) is 0 Å². The summed E-state index contributed by atoms with van der Waals surface area (Å²) in [7, 11) is 0. The van der Waals surface area contributed by atoms with E-state index in [0.29, 0.717) is 5.69 Å². The van der Waals surface area contributed by atoms with Gasteiger partial charge in [-0.1, -0.05) is 12.1 Å². The number of hydrogen-bond acceptors (Lipinski definition) is 3. The molecule has 1 atom stereocenters. The molecular weight excluding hydrogens is 178 g/mol. The summed E-state index contributed by atoms with van der Waals surface area (Å²) >= 11 is 0. The fourth-order valence-electron chi connectivity index (χ4n) is 1.41. The summed E-state index contributed by atoms with van der Waals surface area (Å²) in [5, 5.41) is 12.6. The Balaban J connectivity index is 2.03. The highest BCUT2D eigenvalue weighted by atomic mass is 16.5. The molecule has 0 bridgehead atoms. The molecule has 3 nitrogen and oxygen atoms in total. The third kappa shape index (κ3) is 1.99. The Morgan fingerprint density at radius 2 is 2.21 bits per heavy atom. The van der Waals surface area contributed by atoms with Crippen molar-refractivity contribution in [3.63, 3.8) is 0 Å². The van der Waals surface area contributed by atoms with Crippen molar-refractivity contribution in [2.45, 2.75) is 19.1 Å². The second-order valence-electron chi connectivity index (χ2n) is 3.24. The summed E-state index contributed by atoms with van der Waals surface area (Å²) in [5.41, 5.74) is 0.716. The lowest BCUT2D eigenvalue weighted by Gasteiger charge is -2.21. The summed E-state index contributed by atoms with van der Waals surface area (Å²) in [6.07, 6.45) is 5.58. The topological polar surface area (TPSA) is 41.5 Å². The zero-order chi connectivity index (χ0) is 9.80. The molecule has 1 aromatic rings. The Kier molecular flexibility index (Phi) is 2.58. The molecular formula is C11H13NO2. The summed E-state index contributed by atoms with van der Waals surface area (Å²) in [5.74, 6) is 0.255. The second kappa shape index (κ2) is 4.05. The van der Waals surface area contributed by atoms with Gasteiger partial charge < -0.3 is 15.2 Å². The molecule has 1 aliphatic heterocycles. The smallest absolute Gasteiger partial charge is 0.169 e. The van der Waals surface area contributed by atoms with Gasteiger partial charge in [-0.05, 0) is 24.6 Å². The number of ether oxygens (including phenoxy) is 1. The summed E-state index contributed by atoms with van der Waals surface area (Å²) < 4.78 is 5.33.